The summed E-state index contributed by atoms with van der Waals surface area (Å²) in [5, 5.41) is 6.95. The van der Waals surface area contributed by atoms with Crippen molar-refractivity contribution in [3.05, 3.63) is 84.2 Å². The number of hydrogen-bond acceptors (Lipinski definition) is 4. The Morgan fingerprint density at radius 2 is 1.87 bits per heavy atom. The second-order valence-electron chi connectivity index (χ2n) is 6.62. The van der Waals surface area contributed by atoms with E-state index in [1.54, 1.807) is 16.8 Å². The first-order valence-corrected chi connectivity index (χ1v) is 9.40. The maximum Gasteiger partial charge on any atom is 0.416 e. The van der Waals surface area contributed by atoms with Gasteiger partial charge in [-0.15, -0.1) is 0 Å². The highest BCUT2D eigenvalue weighted by Gasteiger charge is 2.30. The maximum atomic E-state index is 12.8. The second-order valence-corrected chi connectivity index (χ2v) is 6.62. The van der Waals surface area contributed by atoms with Crippen LogP contribution in [0.25, 0.3) is 16.9 Å². The molecule has 31 heavy (non-hydrogen) atoms. The van der Waals surface area contributed by atoms with Gasteiger partial charge in [-0.2, -0.15) is 18.3 Å². The first-order chi connectivity index (χ1) is 14.9. The number of aromatic nitrogens is 3. The van der Waals surface area contributed by atoms with E-state index < -0.39 is 17.6 Å². The van der Waals surface area contributed by atoms with Crippen molar-refractivity contribution >= 4 is 11.6 Å². The van der Waals surface area contributed by atoms with E-state index >= 15 is 0 Å². The normalized spacial score (nSPS) is 11.5. The number of carbonyl (C=O) groups is 1. The van der Waals surface area contributed by atoms with Crippen molar-refractivity contribution in [3.63, 3.8) is 0 Å². The molecular weight excluding hydrogens is 409 g/mol. The molecule has 0 atom stereocenters. The Kier molecular flexibility index (Phi) is 5.57. The van der Waals surface area contributed by atoms with Crippen LogP contribution in [-0.2, 0) is 6.18 Å². The van der Waals surface area contributed by atoms with E-state index in [9.17, 15) is 18.0 Å². The third kappa shape index (κ3) is 4.50. The molecule has 1 N–H and O–H groups in total. The molecular formula is C22H17F3N4O2. The number of nitrogens with one attached hydrogen (secondary N) is 1. The van der Waals surface area contributed by atoms with Gasteiger partial charge >= 0.3 is 6.18 Å². The molecule has 0 spiro atoms. The lowest BCUT2D eigenvalue weighted by Crippen LogP contribution is -2.28. The van der Waals surface area contributed by atoms with Crippen LogP contribution in [0, 0.1) is 0 Å². The molecule has 2 heterocycles. The van der Waals surface area contributed by atoms with Gasteiger partial charge in [0.1, 0.15) is 17.9 Å². The van der Waals surface area contributed by atoms with Crippen LogP contribution in [-0.4, -0.2) is 33.7 Å². The van der Waals surface area contributed by atoms with Gasteiger partial charge in [-0.05, 0) is 24.3 Å². The van der Waals surface area contributed by atoms with Gasteiger partial charge in [0.2, 0.25) is 0 Å². The Labute approximate surface area is 175 Å². The fourth-order valence-corrected chi connectivity index (χ4v) is 3.07. The summed E-state index contributed by atoms with van der Waals surface area (Å²) < 4.78 is 45.2. The molecule has 0 aliphatic carbocycles. The smallest absolute Gasteiger partial charge is 0.416 e. The Morgan fingerprint density at radius 3 is 2.65 bits per heavy atom. The summed E-state index contributed by atoms with van der Waals surface area (Å²) in [5.41, 5.74) is 1.62. The molecule has 0 aliphatic rings. The fraction of sp³-hybridized carbons (Fsp3) is 0.136. The topological polar surface area (TPSA) is 68.5 Å². The monoisotopic (exact) mass is 426 g/mol. The van der Waals surface area contributed by atoms with E-state index in [4.69, 9.17) is 4.74 Å². The molecule has 6 nitrogen and oxygen atoms in total. The number of halogens is 3. The number of fused-ring (bicyclic) bond motifs is 1. The van der Waals surface area contributed by atoms with E-state index in [0.29, 0.717) is 5.65 Å². The number of nitrogens with zero attached hydrogens (tertiary/aromatic N) is 3. The van der Waals surface area contributed by atoms with Crippen LogP contribution in [0.5, 0.6) is 5.75 Å². The van der Waals surface area contributed by atoms with Gasteiger partial charge in [-0.1, -0.05) is 36.4 Å². The quantitative estimate of drug-likeness (QED) is 0.469. The predicted molar refractivity (Wildman–Crippen MR) is 108 cm³/mol. The summed E-state index contributed by atoms with van der Waals surface area (Å²) >= 11 is 0. The maximum absolute atomic E-state index is 12.8. The van der Waals surface area contributed by atoms with Crippen LogP contribution in [0.4, 0.5) is 13.2 Å². The predicted octanol–water partition coefficient (Wildman–Crippen LogP) is 4.22. The van der Waals surface area contributed by atoms with Crippen LogP contribution in [0.3, 0.4) is 0 Å². The van der Waals surface area contributed by atoms with Crippen molar-refractivity contribution in [2.75, 3.05) is 13.2 Å². The van der Waals surface area contributed by atoms with E-state index in [1.165, 1.54) is 18.3 Å². The van der Waals surface area contributed by atoms with E-state index in [0.717, 1.165) is 23.4 Å². The average Bonchev–Trinajstić information content (AvgIpc) is 3.21. The lowest BCUT2D eigenvalue weighted by molar-refractivity contribution is -0.137. The third-order valence-corrected chi connectivity index (χ3v) is 4.53. The van der Waals surface area contributed by atoms with Gasteiger partial charge in [-0.25, -0.2) is 9.50 Å². The molecule has 0 bridgehead atoms. The molecule has 0 radical (unpaired) electrons. The van der Waals surface area contributed by atoms with Gasteiger partial charge in [0.25, 0.3) is 5.91 Å². The largest absolute Gasteiger partial charge is 0.492 e. The van der Waals surface area contributed by atoms with Crippen LogP contribution >= 0.6 is 0 Å². The van der Waals surface area contributed by atoms with Crippen LogP contribution in [0.1, 0.15) is 15.9 Å². The number of rotatable bonds is 6. The van der Waals surface area contributed by atoms with Crippen molar-refractivity contribution in [2.24, 2.45) is 0 Å². The number of benzene rings is 2. The number of carbonyl (C=O) groups excluding carboxylic acids is 1. The standard InChI is InChI=1S/C22H17F3N4O2/c23-22(24,25)16-7-4-8-17(13-16)31-12-11-27-21(30)18-14-28-29-19(9-10-26-20(18)29)15-5-2-1-3-6-15/h1-10,13-14H,11-12H2,(H,27,30). The van der Waals surface area contributed by atoms with Gasteiger partial charge in [-0.3, -0.25) is 4.79 Å². The minimum Gasteiger partial charge on any atom is -0.492 e. The lowest BCUT2D eigenvalue weighted by Gasteiger charge is -2.10. The van der Waals surface area contributed by atoms with Crippen molar-refractivity contribution in [1.29, 1.82) is 0 Å². The molecule has 2 aromatic carbocycles. The van der Waals surface area contributed by atoms with Gasteiger partial charge in [0.15, 0.2) is 5.65 Å². The van der Waals surface area contributed by atoms with E-state index in [1.807, 2.05) is 30.3 Å². The van der Waals surface area contributed by atoms with E-state index in [2.05, 4.69) is 15.4 Å². The van der Waals surface area contributed by atoms with Gasteiger partial charge in [0, 0.05) is 11.8 Å². The molecule has 158 valence electrons. The number of ether oxygens (including phenoxy) is 1. The first kappa shape index (κ1) is 20.4. The minimum atomic E-state index is -4.44. The molecule has 4 rings (SSSR count). The number of hydrogen-bond donors (Lipinski definition) is 1. The van der Waals surface area contributed by atoms with Gasteiger partial charge in [0.05, 0.1) is 24.0 Å². The average molecular weight is 426 g/mol. The third-order valence-electron chi connectivity index (χ3n) is 4.53. The molecule has 0 aliphatic heterocycles. The highest BCUT2D eigenvalue weighted by molar-refractivity contribution is 5.99. The Bertz CT molecular complexity index is 1210. The first-order valence-electron chi connectivity index (χ1n) is 9.40. The van der Waals surface area contributed by atoms with Crippen LogP contribution in [0.2, 0.25) is 0 Å². The second kappa shape index (κ2) is 8.47. The number of amides is 1. The van der Waals surface area contributed by atoms with E-state index in [-0.39, 0.29) is 24.5 Å². The van der Waals surface area contributed by atoms with Crippen molar-refractivity contribution in [3.8, 4) is 17.0 Å². The number of alkyl halides is 3. The van der Waals surface area contributed by atoms with Crippen LogP contribution < -0.4 is 10.1 Å². The highest BCUT2D eigenvalue weighted by atomic mass is 19.4. The summed E-state index contributed by atoms with van der Waals surface area (Å²) in [5.74, 6) is -0.324. The summed E-state index contributed by atoms with van der Waals surface area (Å²) in [6, 6.07) is 16.0. The Morgan fingerprint density at radius 1 is 1.06 bits per heavy atom. The zero-order valence-corrected chi connectivity index (χ0v) is 16.1. The summed E-state index contributed by atoms with van der Waals surface area (Å²) in [4.78, 5) is 16.8. The highest BCUT2D eigenvalue weighted by Crippen LogP contribution is 2.31. The Balaban J connectivity index is 1.41. The summed E-state index contributed by atoms with van der Waals surface area (Å²) in [7, 11) is 0. The molecule has 9 heteroatoms. The van der Waals surface area contributed by atoms with Crippen molar-refractivity contribution < 1.29 is 22.7 Å². The van der Waals surface area contributed by atoms with Crippen LogP contribution in [0.15, 0.2) is 73.1 Å². The van der Waals surface area contributed by atoms with Crippen molar-refractivity contribution in [2.45, 2.75) is 6.18 Å². The molecule has 4 aromatic rings. The Hall–Kier alpha value is -3.88. The molecule has 0 unspecified atom stereocenters. The molecule has 0 saturated heterocycles. The minimum absolute atomic E-state index is 0.00889. The zero-order valence-electron chi connectivity index (χ0n) is 16.1. The van der Waals surface area contributed by atoms with Gasteiger partial charge < -0.3 is 10.1 Å². The summed E-state index contributed by atoms with van der Waals surface area (Å²) in [6.45, 7) is 0.111. The zero-order chi connectivity index (χ0) is 21.8. The molecule has 0 saturated carbocycles. The molecule has 2 aromatic heterocycles. The lowest BCUT2D eigenvalue weighted by atomic mass is 10.1. The van der Waals surface area contributed by atoms with Crippen molar-refractivity contribution in [1.82, 2.24) is 19.9 Å². The molecule has 1 amide bonds. The summed E-state index contributed by atoms with van der Waals surface area (Å²) in [6.07, 6.45) is -1.41. The SMILES string of the molecule is O=C(NCCOc1cccc(C(F)(F)F)c1)c1cnn2c(-c3ccccc3)ccnc12. The fourth-order valence-electron chi connectivity index (χ4n) is 3.07. The molecule has 0 fully saturated rings.